The Morgan fingerprint density at radius 2 is 1.19 bits per heavy atom. The molecule has 3 heterocycles. The van der Waals surface area contributed by atoms with Crippen molar-refractivity contribution in [2.24, 2.45) is 50.2 Å². The maximum atomic E-state index is 13.2. The molecular weight excluding hydrogens is 881 g/mol. The van der Waals surface area contributed by atoms with Crippen LogP contribution in [-0.2, 0) is 38.0 Å². The quantitative estimate of drug-likeness (QED) is 0.107. The first-order valence-corrected chi connectivity index (χ1v) is 24.3. The molecule has 8 aliphatic rings. The van der Waals surface area contributed by atoms with Gasteiger partial charge in [-0.05, 0) is 109 Å². The van der Waals surface area contributed by atoms with Gasteiger partial charge >= 0.3 is 11.9 Å². The standard InChI is InChI=1S/C48H76O19/c1-43(2)14-16-48(42(60)61)17-15-46(6)21(22(48)18-43)8-9-26-45(5)12-11-27(44(3,4)25(45)10-13-47(26,46)7)64-41-37(67-40-33(56)31(54)29(52)24(20-50)63-40)35(34(57)36(66-41)38(58)59)65-39-32(55)30(53)28(51)23(19-49)62-39/h8,22-37,39-41,49-57H,9-20H2,1-7H3,(H,58,59)(H,60,61)/t22-,23+,24+,25-,26-,27-,28-,29+,30-,31-,32+,33+,34-,35-,36-,37+,39-,40-,41+,45-,46+,47+,48-/m0/s1. The van der Waals surface area contributed by atoms with Crippen LogP contribution in [-0.4, -0.2) is 180 Å². The Balaban J connectivity index is 1.11. The molecule has 3 saturated heterocycles. The fraction of sp³-hybridized carbons (Fsp3) is 0.917. The molecule has 19 heteroatoms. The summed E-state index contributed by atoms with van der Waals surface area (Å²) in [6, 6.07) is 0. The molecule has 11 N–H and O–H groups in total. The lowest BCUT2D eigenvalue weighted by Gasteiger charge is -2.71. The number of hydrogen-bond donors (Lipinski definition) is 11. The monoisotopic (exact) mass is 956 g/mol. The summed E-state index contributed by atoms with van der Waals surface area (Å²) in [5.74, 6) is -2.06. The van der Waals surface area contributed by atoms with E-state index in [2.05, 4.69) is 54.5 Å². The van der Waals surface area contributed by atoms with Gasteiger partial charge < -0.3 is 84.6 Å². The van der Waals surface area contributed by atoms with Gasteiger partial charge in [0.15, 0.2) is 25.0 Å². The Morgan fingerprint density at radius 1 is 0.627 bits per heavy atom. The van der Waals surface area contributed by atoms with Crippen LogP contribution in [0.4, 0.5) is 0 Å². The summed E-state index contributed by atoms with van der Waals surface area (Å²) in [5.41, 5.74) is -0.618. The Morgan fingerprint density at radius 3 is 1.75 bits per heavy atom. The predicted octanol–water partition coefficient (Wildman–Crippen LogP) is 0.799. The summed E-state index contributed by atoms with van der Waals surface area (Å²) < 4.78 is 36.4. The van der Waals surface area contributed by atoms with E-state index in [1.807, 2.05) is 0 Å². The molecule has 4 saturated carbocycles. The predicted molar refractivity (Wildman–Crippen MR) is 231 cm³/mol. The van der Waals surface area contributed by atoms with Crippen molar-refractivity contribution in [3.8, 4) is 0 Å². The van der Waals surface area contributed by atoms with Crippen molar-refractivity contribution in [3.63, 3.8) is 0 Å². The van der Waals surface area contributed by atoms with Crippen LogP contribution in [0.1, 0.15) is 113 Å². The molecule has 0 radical (unpaired) electrons. The lowest BCUT2D eigenvalue weighted by molar-refractivity contribution is -0.396. The van der Waals surface area contributed by atoms with Crippen LogP contribution in [0.2, 0.25) is 0 Å². The van der Waals surface area contributed by atoms with Gasteiger partial charge in [-0.2, -0.15) is 0 Å². The zero-order chi connectivity index (χ0) is 49.1. The summed E-state index contributed by atoms with van der Waals surface area (Å²) in [5, 5.41) is 117. The number of rotatable bonds is 10. The summed E-state index contributed by atoms with van der Waals surface area (Å²) in [6.07, 6.45) is -18.3. The number of carbonyl (C=O) groups is 2. The second kappa shape index (κ2) is 18.0. The molecule has 19 nitrogen and oxygen atoms in total. The molecule has 0 bridgehead atoms. The lowest BCUT2D eigenvalue weighted by atomic mass is 9.33. The molecular formula is C48H76O19. The number of hydrogen-bond acceptors (Lipinski definition) is 17. The van der Waals surface area contributed by atoms with Gasteiger partial charge in [0.2, 0.25) is 0 Å². The minimum Gasteiger partial charge on any atom is -0.481 e. The minimum atomic E-state index is -2.12. The van der Waals surface area contributed by atoms with Crippen molar-refractivity contribution in [2.75, 3.05) is 13.2 Å². The maximum Gasteiger partial charge on any atom is 0.335 e. The zero-order valence-corrected chi connectivity index (χ0v) is 39.7. The highest BCUT2D eigenvalue weighted by Gasteiger charge is 2.70. The van der Waals surface area contributed by atoms with Crippen LogP contribution >= 0.6 is 0 Å². The van der Waals surface area contributed by atoms with Crippen LogP contribution in [0.5, 0.6) is 0 Å². The third-order valence-corrected chi connectivity index (χ3v) is 19.3. The average Bonchev–Trinajstić information content (AvgIpc) is 3.26. The summed E-state index contributed by atoms with van der Waals surface area (Å²) in [7, 11) is 0. The Hall–Kier alpha value is -1.92. The maximum absolute atomic E-state index is 13.2. The van der Waals surface area contributed by atoms with Crippen molar-refractivity contribution < 1.29 is 94.2 Å². The molecule has 0 unspecified atom stereocenters. The average molecular weight is 957 g/mol. The topological polar surface area (TPSA) is 312 Å². The van der Waals surface area contributed by atoms with Crippen LogP contribution < -0.4 is 0 Å². The SMILES string of the molecule is CC1(C)CC[C@]2(C(=O)O)CC[C@]3(C)C(=CC[C@H]4[C@@]5(C)CC[C@H](O[C@@H]6O[C@H](C(=O)O)[C@@H](O)[C@H](O[C@@H]7O[C@H](CO)[C@H](O)[C@H](O)[C@H]7O)[C@H]6O[C@@H]6O[C@H](CO)[C@@H](O)[C@H](O)[C@H]6O)C(C)(C)[C@@H]5CC[C@]43C)[C@@H]2C1. The first kappa shape index (κ1) is 51.4. The van der Waals surface area contributed by atoms with Gasteiger partial charge in [-0.15, -0.1) is 0 Å². The van der Waals surface area contributed by atoms with Gasteiger partial charge in [0.05, 0.1) is 24.7 Å². The number of ether oxygens (including phenoxy) is 6. The zero-order valence-electron chi connectivity index (χ0n) is 39.7. The molecule has 0 aromatic heterocycles. The highest BCUT2D eigenvalue weighted by molar-refractivity contribution is 5.76. The van der Waals surface area contributed by atoms with Crippen molar-refractivity contribution in [1.82, 2.24) is 0 Å². The van der Waals surface area contributed by atoms with E-state index in [0.29, 0.717) is 25.7 Å². The van der Waals surface area contributed by atoms with E-state index in [1.165, 1.54) is 5.57 Å². The number of fused-ring (bicyclic) bond motifs is 7. The number of aliphatic hydroxyl groups is 9. The molecule has 8 rings (SSSR count). The third kappa shape index (κ3) is 8.06. The fourth-order valence-corrected chi connectivity index (χ4v) is 15.1. The van der Waals surface area contributed by atoms with Crippen LogP contribution in [0.25, 0.3) is 0 Å². The van der Waals surface area contributed by atoms with E-state index < -0.39 is 134 Å². The summed E-state index contributed by atoms with van der Waals surface area (Å²) in [4.78, 5) is 26.0. The van der Waals surface area contributed by atoms with Gasteiger partial charge in [0, 0.05) is 0 Å². The molecule has 0 amide bonds. The molecule has 0 spiro atoms. The Kier molecular flexibility index (Phi) is 13.8. The molecule has 5 aliphatic carbocycles. The van der Waals surface area contributed by atoms with Gasteiger partial charge in [-0.3, -0.25) is 4.79 Å². The second-order valence-corrected chi connectivity index (χ2v) is 23.5. The number of allylic oxidation sites excluding steroid dienone is 2. The number of carboxylic acid groups (broad SMARTS) is 2. The van der Waals surface area contributed by atoms with Crippen LogP contribution in [0, 0.1) is 50.2 Å². The fourth-order valence-electron chi connectivity index (χ4n) is 15.1. The first-order valence-electron chi connectivity index (χ1n) is 24.3. The van der Waals surface area contributed by atoms with Gasteiger partial charge in [0.1, 0.15) is 67.1 Å². The number of aliphatic hydroxyl groups excluding tert-OH is 9. The lowest BCUT2D eigenvalue weighted by Crippen LogP contribution is -2.68. The molecule has 0 aromatic rings. The molecule has 3 aliphatic heterocycles. The second-order valence-electron chi connectivity index (χ2n) is 23.5. The highest BCUT2D eigenvalue weighted by atomic mass is 16.8. The first-order chi connectivity index (χ1) is 31.2. The van der Waals surface area contributed by atoms with E-state index in [-0.39, 0.29) is 39.4 Å². The summed E-state index contributed by atoms with van der Waals surface area (Å²) >= 11 is 0. The van der Waals surface area contributed by atoms with Gasteiger partial charge in [-0.25, -0.2) is 4.79 Å². The smallest absolute Gasteiger partial charge is 0.335 e. The normalized spacial score (nSPS) is 52.7. The summed E-state index contributed by atoms with van der Waals surface area (Å²) in [6.45, 7) is 14.2. The van der Waals surface area contributed by atoms with E-state index in [1.54, 1.807) is 0 Å². The van der Waals surface area contributed by atoms with Crippen LogP contribution in [0.15, 0.2) is 11.6 Å². The Labute approximate surface area is 391 Å². The van der Waals surface area contributed by atoms with E-state index in [9.17, 15) is 65.8 Å². The largest absolute Gasteiger partial charge is 0.481 e. The Bertz CT molecular complexity index is 1870. The van der Waals surface area contributed by atoms with E-state index in [4.69, 9.17) is 28.4 Å². The highest BCUT2D eigenvalue weighted by Crippen LogP contribution is 2.76. The van der Waals surface area contributed by atoms with Crippen LogP contribution in [0.3, 0.4) is 0 Å². The molecule has 67 heavy (non-hydrogen) atoms. The van der Waals surface area contributed by atoms with Crippen molar-refractivity contribution >= 4 is 11.9 Å². The molecule has 7 fully saturated rings. The van der Waals surface area contributed by atoms with E-state index in [0.717, 1.165) is 38.5 Å². The minimum absolute atomic E-state index is 0.0299. The molecule has 23 atom stereocenters. The number of aliphatic carboxylic acids is 2. The molecule has 382 valence electrons. The van der Waals surface area contributed by atoms with Crippen molar-refractivity contribution in [1.29, 1.82) is 0 Å². The third-order valence-electron chi connectivity index (χ3n) is 19.3. The van der Waals surface area contributed by atoms with Gasteiger partial charge in [0.25, 0.3) is 0 Å². The van der Waals surface area contributed by atoms with Crippen molar-refractivity contribution in [2.45, 2.75) is 211 Å². The molecule has 0 aromatic carbocycles. The van der Waals surface area contributed by atoms with Gasteiger partial charge in [-0.1, -0.05) is 60.1 Å². The van der Waals surface area contributed by atoms with E-state index >= 15 is 0 Å². The number of carboxylic acids is 2. The van der Waals surface area contributed by atoms with Crippen molar-refractivity contribution in [3.05, 3.63) is 11.6 Å².